The van der Waals surface area contributed by atoms with Crippen LogP contribution in [-0.4, -0.2) is 41.0 Å². The van der Waals surface area contributed by atoms with Crippen molar-refractivity contribution in [3.63, 3.8) is 0 Å². The van der Waals surface area contributed by atoms with Crippen molar-refractivity contribution >= 4 is 29.0 Å². The van der Waals surface area contributed by atoms with Gasteiger partial charge in [-0.25, -0.2) is 4.98 Å². The van der Waals surface area contributed by atoms with Gasteiger partial charge in [-0.3, -0.25) is 14.9 Å². The number of carbonyl (C=O) groups excluding carboxylic acids is 1. The summed E-state index contributed by atoms with van der Waals surface area (Å²) in [6.45, 7) is 2.60. The van der Waals surface area contributed by atoms with Crippen molar-refractivity contribution in [2.75, 3.05) is 30.8 Å². The first-order valence-corrected chi connectivity index (χ1v) is 9.48. The van der Waals surface area contributed by atoms with Crippen LogP contribution in [0, 0.1) is 17.0 Å². The van der Waals surface area contributed by atoms with Crippen LogP contribution in [0.25, 0.3) is 0 Å². The first-order chi connectivity index (χ1) is 14.9. The fraction of sp³-hybridized carbons (Fsp3) is 0.190. The lowest BCUT2D eigenvalue weighted by Crippen LogP contribution is -2.29. The highest BCUT2D eigenvalue weighted by atomic mass is 16.6. The smallest absolute Gasteiger partial charge is 0.269 e. The van der Waals surface area contributed by atoms with E-state index in [1.54, 1.807) is 7.11 Å². The van der Waals surface area contributed by atoms with Crippen molar-refractivity contribution in [1.82, 2.24) is 15.3 Å². The van der Waals surface area contributed by atoms with E-state index < -0.39 is 4.92 Å². The van der Waals surface area contributed by atoms with Gasteiger partial charge >= 0.3 is 0 Å². The second kappa shape index (κ2) is 10.0. The average molecular weight is 422 g/mol. The van der Waals surface area contributed by atoms with E-state index in [0.717, 1.165) is 17.1 Å². The lowest BCUT2D eigenvalue weighted by Gasteiger charge is -2.11. The molecule has 0 saturated heterocycles. The minimum Gasteiger partial charge on any atom is -0.497 e. The standard InChI is InChI=1S/C21H22N6O4/c1-14-13-19(25-16-5-9-18(31-2)10-6-16)26-21(24-14)23-12-11-22-20(28)15-3-7-17(8-4-15)27(29)30/h3-10,13H,11-12H2,1-2H3,(H,22,28)(H2,23,24,25,26). The second-order valence-electron chi connectivity index (χ2n) is 6.56. The number of nitro groups is 1. The third-order valence-corrected chi connectivity index (χ3v) is 4.25. The maximum Gasteiger partial charge on any atom is 0.269 e. The van der Waals surface area contributed by atoms with Crippen LogP contribution in [0.4, 0.5) is 23.1 Å². The van der Waals surface area contributed by atoms with Crippen molar-refractivity contribution < 1.29 is 14.5 Å². The molecule has 10 nitrogen and oxygen atoms in total. The molecule has 0 aliphatic heterocycles. The quantitative estimate of drug-likeness (QED) is 0.272. The normalized spacial score (nSPS) is 10.3. The number of ether oxygens (including phenoxy) is 1. The van der Waals surface area contributed by atoms with Crippen LogP contribution in [0.5, 0.6) is 5.75 Å². The molecule has 1 heterocycles. The zero-order valence-electron chi connectivity index (χ0n) is 17.1. The van der Waals surface area contributed by atoms with Crippen molar-refractivity contribution in [3.05, 3.63) is 76.0 Å². The number of nitrogens with one attached hydrogen (secondary N) is 3. The van der Waals surface area contributed by atoms with Crippen LogP contribution in [0.3, 0.4) is 0 Å². The van der Waals surface area contributed by atoms with Crippen LogP contribution in [-0.2, 0) is 0 Å². The first kappa shape index (κ1) is 21.5. The predicted octanol–water partition coefficient (Wildman–Crippen LogP) is 3.29. The van der Waals surface area contributed by atoms with Gasteiger partial charge in [0, 0.05) is 48.2 Å². The number of aromatic nitrogens is 2. The van der Waals surface area contributed by atoms with Crippen molar-refractivity contribution in [1.29, 1.82) is 0 Å². The largest absolute Gasteiger partial charge is 0.497 e. The van der Waals surface area contributed by atoms with E-state index >= 15 is 0 Å². The maximum absolute atomic E-state index is 12.1. The molecule has 0 bridgehead atoms. The fourth-order valence-corrected chi connectivity index (χ4v) is 2.72. The van der Waals surface area contributed by atoms with E-state index in [9.17, 15) is 14.9 Å². The van der Waals surface area contributed by atoms with E-state index in [-0.39, 0.29) is 11.6 Å². The number of benzene rings is 2. The van der Waals surface area contributed by atoms with Crippen LogP contribution < -0.4 is 20.7 Å². The van der Waals surface area contributed by atoms with Gasteiger partial charge in [0.05, 0.1) is 12.0 Å². The molecule has 31 heavy (non-hydrogen) atoms. The molecule has 0 unspecified atom stereocenters. The van der Waals surface area contributed by atoms with Crippen molar-refractivity contribution in [2.45, 2.75) is 6.92 Å². The van der Waals surface area contributed by atoms with E-state index in [2.05, 4.69) is 25.9 Å². The van der Waals surface area contributed by atoms with E-state index in [1.165, 1.54) is 24.3 Å². The molecular formula is C21H22N6O4. The number of hydrogen-bond acceptors (Lipinski definition) is 8. The van der Waals surface area contributed by atoms with Crippen molar-refractivity contribution in [3.8, 4) is 5.75 Å². The lowest BCUT2D eigenvalue weighted by molar-refractivity contribution is -0.384. The summed E-state index contributed by atoms with van der Waals surface area (Å²) in [5.74, 6) is 1.52. The Bertz CT molecular complexity index is 1050. The van der Waals surface area contributed by atoms with Gasteiger partial charge in [0.15, 0.2) is 0 Å². The molecule has 1 aromatic heterocycles. The van der Waals surface area contributed by atoms with E-state index in [0.29, 0.717) is 30.4 Å². The van der Waals surface area contributed by atoms with E-state index in [1.807, 2.05) is 37.3 Å². The van der Waals surface area contributed by atoms with Crippen LogP contribution in [0.15, 0.2) is 54.6 Å². The van der Waals surface area contributed by atoms with Crippen LogP contribution in [0.1, 0.15) is 16.1 Å². The minimum atomic E-state index is -0.509. The number of amides is 1. The number of nitrogens with zero attached hydrogens (tertiary/aromatic N) is 3. The number of nitro benzene ring substituents is 1. The summed E-state index contributed by atoms with van der Waals surface area (Å²) in [6.07, 6.45) is 0. The molecule has 0 saturated carbocycles. The number of anilines is 3. The molecule has 0 aliphatic rings. The predicted molar refractivity (Wildman–Crippen MR) is 117 cm³/mol. The molecule has 0 spiro atoms. The minimum absolute atomic E-state index is 0.0612. The number of rotatable bonds is 9. The van der Waals surface area contributed by atoms with Gasteiger partial charge in [0.1, 0.15) is 11.6 Å². The van der Waals surface area contributed by atoms with Crippen LogP contribution >= 0.6 is 0 Å². The zero-order valence-corrected chi connectivity index (χ0v) is 17.1. The summed E-state index contributed by atoms with van der Waals surface area (Å²) in [4.78, 5) is 31.1. The SMILES string of the molecule is COc1ccc(Nc2cc(C)nc(NCCNC(=O)c3ccc([N+](=O)[O-])cc3)n2)cc1. The number of non-ortho nitro benzene ring substituents is 1. The van der Waals surface area contributed by atoms with Gasteiger partial charge in [-0.2, -0.15) is 4.98 Å². The first-order valence-electron chi connectivity index (χ1n) is 9.48. The van der Waals surface area contributed by atoms with Gasteiger partial charge in [0.25, 0.3) is 11.6 Å². The highest BCUT2D eigenvalue weighted by Crippen LogP contribution is 2.20. The molecule has 0 aliphatic carbocycles. The maximum atomic E-state index is 12.1. The van der Waals surface area contributed by atoms with Crippen LogP contribution in [0.2, 0.25) is 0 Å². The Labute approximate surface area is 178 Å². The van der Waals surface area contributed by atoms with Gasteiger partial charge in [-0.05, 0) is 43.3 Å². The highest BCUT2D eigenvalue weighted by molar-refractivity contribution is 5.94. The molecule has 0 atom stereocenters. The average Bonchev–Trinajstić information content (AvgIpc) is 2.77. The number of carbonyl (C=O) groups is 1. The molecule has 0 fully saturated rings. The molecule has 3 aromatic rings. The van der Waals surface area contributed by atoms with Gasteiger partial charge in [0.2, 0.25) is 5.95 Å². The fourth-order valence-electron chi connectivity index (χ4n) is 2.72. The summed E-state index contributed by atoms with van der Waals surface area (Å²) < 4.78 is 5.15. The molecule has 3 rings (SSSR count). The Morgan fingerprint density at radius 2 is 1.77 bits per heavy atom. The number of hydrogen-bond donors (Lipinski definition) is 3. The third kappa shape index (κ3) is 6.13. The summed E-state index contributed by atoms with van der Waals surface area (Å²) in [5, 5.41) is 19.7. The summed E-state index contributed by atoms with van der Waals surface area (Å²) >= 11 is 0. The summed E-state index contributed by atoms with van der Waals surface area (Å²) in [5.41, 5.74) is 1.93. The summed E-state index contributed by atoms with van der Waals surface area (Å²) in [6, 6.07) is 14.7. The zero-order chi connectivity index (χ0) is 22.2. The van der Waals surface area contributed by atoms with Gasteiger partial charge in [-0.1, -0.05) is 0 Å². The number of methoxy groups -OCH3 is 1. The Balaban J connectivity index is 1.51. The molecule has 1 amide bonds. The molecule has 2 aromatic carbocycles. The molecule has 0 radical (unpaired) electrons. The molecule has 160 valence electrons. The van der Waals surface area contributed by atoms with E-state index in [4.69, 9.17) is 4.74 Å². The third-order valence-electron chi connectivity index (χ3n) is 4.25. The Kier molecular flexibility index (Phi) is 6.94. The summed E-state index contributed by atoms with van der Waals surface area (Å²) in [7, 11) is 1.61. The van der Waals surface area contributed by atoms with Crippen molar-refractivity contribution in [2.24, 2.45) is 0 Å². The lowest BCUT2D eigenvalue weighted by atomic mass is 10.2. The Morgan fingerprint density at radius 3 is 2.42 bits per heavy atom. The van der Waals surface area contributed by atoms with Gasteiger partial charge in [-0.15, -0.1) is 0 Å². The molecule has 3 N–H and O–H groups in total. The second-order valence-corrected chi connectivity index (χ2v) is 6.56. The molecule has 10 heteroatoms. The highest BCUT2D eigenvalue weighted by Gasteiger charge is 2.09. The monoisotopic (exact) mass is 422 g/mol. The number of aryl methyl sites for hydroxylation is 1. The Hall–Kier alpha value is -4.21. The van der Waals surface area contributed by atoms with Gasteiger partial charge < -0.3 is 20.7 Å². The topological polar surface area (TPSA) is 131 Å². The Morgan fingerprint density at radius 1 is 1.06 bits per heavy atom. The molecular weight excluding hydrogens is 400 g/mol.